The van der Waals surface area contributed by atoms with Crippen LogP contribution < -0.4 is 15.7 Å². The number of benzene rings is 2. The van der Waals surface area contributed by atoms with Crippen molar-refractivity contribution in [1.82, 2.24) is 0 Å². The second-order valence-corrected chi connectivity index (χ2v) is 5.63. The smallest absolute Gasteiger partial charge is 0.336 e. The minimum atomic E-state index is -0.384. The molecule has 0 saturated carbocycles. The highest BCUT2D eigenvalue weighted by atomic mass is 35.5. The van der Waals surface area contributed by atoms with E-state index in [1.165, 1.54) is 6.07 Å². The zero-order valence-corrected chi connectivity index (χ0v) is 13.6. The maximum Gasteiger partial charge on any atom is 0.336 e. The van der Waals surface area contributed by atoms with E-state index in [-0.39, 0.29) is 5.63 Å². The first kappa shape index (κ1) is 15.4. The molecule has 3 rings (SSSR count). The molecule has 1 heterocycles. The molecule has 0 amide bonds. The Labute approximate surface area is 138 Å². The van der Waals surface area contributed by atoms with E-state index < -0.39 is 0 Å². The summed E-state index contributed by atoms with van der Waals surface area (Å²) in [7, 11) is 1.58. The summed E-state index contributed by atoms with van der Waals surface area (Å²) in [4.78, 5) is 11.8. The molecule has 0 unspecified atom stereocenters. The van der Waals surface area contributed by atoms with Crippen molar-refractivity contribution in [1.29, 1.82) is 0 Å². The third-order valence-corrected chi connectivity index (χ3v) is 4.18. The number of hydrogen-bond donors (Lipinski definition) is 1. The summed E-state index contributed by atoms with van der Waals surface area (Å²) in [6.45, 7) is 2.45. The molecular weight excluding hydrogens is 314 g/mol. The lowest BCUT2D eigenvalue weighted by Gasteiger charge is -2.12. The van der Waals surface area contributed by atoms with Crippen LogP contribution in [0.1, 0.15) is 11.1 Å². The van der Waals surface area contributed by atoms with Gasteiger partial charge in [-0.3, -0.25) is 0 Å². The van der Waals surface area contributed by atoms with E-state index >= 15 is 0 Å². The zero-order chi connectivity index (χ0) is 16.4. The van der Waals surface area contributed by atoms with Gasteiger partial charge < -0.3 is 14.5 Å². The van der Waals surface area contributed by atoms with Crippen LogP contribution in [0.4, 0.5) is 5.69 Å². The standard InChI is InChI=1S/C18H16ClNO3/c1-11-15(19)4-3-5-16(11)20-10-12-8-18(21)23-17-9-13(22-2)6-7-14(12)17/h3-9,20H,10H2,1-2H3. The molecule has 1 aromatic heterocycles. The number of ether oxygens (including phenoxy) is 1. The van der Waals surface area contributed by atoms with Gasteiger partial charge in [-0.25, -0.2) is 4.79 Å². The van der Waals surface area contributed by atoms with Gasteiger partial charge in [0.2, 0.25) is 0 Å². The van der Waals surface area contributed by atoms with Crippen LogP contribution in [-0.2, 0) is 6.54 Å². The Hall–Kier alpha value is -2.46. The molecule has 0 atom stereocenters. The SMILES string of the molecule is COc1ccc2c(CNc3cccc(Cl)c3C)cc(=O)oc2c1. The van der Waals surface area contributed by atoms with Gasteiger partial charge in [0, 0.05) is 34.8 Å². The number of methoxy groups -OCH3 is 1. The van der Waals surface area contributed by atoms with Crippen molar-refractivity contribution >= 4 is 28.3 Å². The fourth-order valence-corrected chi connectivity index (χ4v) is 2.65. The van der Waals surface area contributed by atoms with Crippen LogP contribution in [0.5, 0.6) is 5.75 Å². The Kier molecular flexibility index (Phi) is 4.26. The molecule has 5 heteroatoms. The van der Waals surface area contributed by atoms with Crippen molar-refractivity contribution < 1.29 is 9.15 Å². The van der Waals surface area contributed by atoms with Crippen molar-refractivity contribution in [3.05, 3.63) is 69.0 Å². The number of anilines is 1. The lowest BCUT2D eigenvalue weighted by molar-refractivity contribution is 0.414. The molecule has 2 aromatic carbocycles. The molecule has 0 radical (unpaired) electrons. The van der Waals surface area contributed by atoms with Gasteiger partial charge in [0.25, 0.3) is 0 Å². The van der Waals surface area contributed by atoms with Crippen LogP contribution in [0, 0.1) is 6.92 Å². The Morgan fingerprint density at radius 1 is 1.22 bits per heavy atom. The Balaban J connectivity index is 1.96. The second-order valence-electron chi connectivity index (χ2n) is 5.22. The Morgan fingerprint density at radius 2 is 2.04 bits per heavy atom. The summed E-state index contributed by atoms with van der Waals surface area (Å²) in [6, 6.07) is 12.6. The van der Waals surface area contributed by atoms with E-state index in [1.54, 1.807) is 13.2 Å². The van der Waals surface area contributed by atoms with E-state index in [1.807, 2.05) is 37.3 Å². The minimum absolute atomic E-state index is 0.384. The summed E-state index contributed by atoms with van der Waals surface area (Å²) in [5.41, 5.74) is 2.90. The van der Waals surface area contributed by atoms with E-state index in [4.69, 9.17) is 20.8 Å². The number of fused-ring (bicyclic) bond motifs is 1. The molecule has 0 saturated heterocycles. The van der Waals surface area contributed by atoms with Gasteiger partial charge in [-0.15, -0.1) is 0 Å². The zero-order valence-electron chi connectivity index (χ0n) is 12.9. The fourth-order valence-electron chi connectivity index (χ4n) is 2.47. The van der Waals surface area contributed by atoms with Gasteiger partial charge in [-0.05, 0) is 42.3 Å². The van der Waals surface area contributed by atoms with Crippen molar-refractivity contribution in [3.8, 4) is 5.75 Å². The average Bonchev–Trinajstić information content (AvgIpc) is 2.55. The van der Waals surface area contributed by atoms with Gasteiger partial charge in [-0.2, -0.15) is 0 Å². The molecule has 0 aliphatic rings. The highest BCUT2D eigenvalue weighted by molar-refractivity contribution is 6.31. The van der Waals surface area contributed by atoms with Gasteiger partial charge in [0.1, 0.15) is 11.3 Å². The summed E-state index contributed by atoms with van der Waals surface area (Å²) in [5.74, 6) is 0.649. The molecule has 0 aliphatic carbocycles. The van der Waals surface area contributed by atoms with Gasteiger partial charge >= 0.3 is 5.63 Å². The van der Waals surface area contributed by atoms with E-state index in [0.717, 1.165) is 22.2 Å². The number of rotatable bonds is 4. The second kappa shape index (κ2) is 6.34. The molecule has 4 nitrogen and oxygen atoms in total. The first-order chi connectivity index (χ1) is 11.1. The molecular formula is C18H16ClNO3. The lowest BCUT2D eigenvalue weighted by atomic mass is 10.1. The first-order valence-electron chi connectivity index (χ1n) is 7.18. The molecule has 3 aromatic rings. The molecule has 0 bridgehead atoms. The fraction of sp³-hybridized carbons (Fsp3) is 0.167. The number of halogens is 1. The van der Waals surface area contributed by atoms with Crippen molar-refractivity contribution in [2.45, 2.75) is 13.5 Å². The molecule has 0 fully saturated rings. The predicted molar refractivity (Wildman–Crippen MR) is 92.6 cm³/mol. The van der Waals surface area contributed by atoms with Crippen LogP contribution in [0.25, 0.3) is 11.0 Å². The monoisotopic (exact) mass is 329 g/mol. The van der Waals surface area contributed by atoms with E-state index in [2.05, 4.69) is 5.32 Å². The van der Waals surface area contributed by atoms with Crippen molar-refractivity contribution in [3.63, 3.8) is 0 Å². The third kappa shape index (κ3) is 3.17. The number of hydrogen-bond acceptors (Lipinski definition) is 4. The van der Waals surface area contributed by atoms with Gasteiger partial charge in [-0.1, -0.05) is 17.7 Å². The van der Waals surface area contributed by atoms with Crippen molar-refractivity contribution in [2.24, 2.45) is 0 Å². The van der Waals surface area contributed by atoms with Crippen LogP contribution in [-0.4, -0.2) is 7.11 Å². The van der Waals surface area contributed by atoms with Crippen LogP contribution in [0.15, 0.2) is 51.7 Å². The van der Waals surface area contributed by atoms with Crippen LogP contribution in [0.2, 0.25) is 5.02 Å². The number of nitrogens with one attached hydrogen (secondary N) is 1. The Morgan fingerprint density at radius 3 is 2.83 bits per heavy atom. The normalized spacial score (nSPS) is 10.7. The topological polar surface area (TPSA) is 51.5 Å². The largest absolute Gasteiger partial charge is 0.497 e. The lowest BCUT2D eigenvalue weighted by Crippen LogP contribution is -2.06. The molecule has 118 valence electrons. The molecule has 0 aliphatic heterocycles. The van der Waals surface area contributed by atoms with Gasteiger partial charge in [0.05, 0.1) is 7.11 Å². The maximum absolute atomic E-state index is 11.8. The summed E-state index contributed by atoms with van der Waals surface area (Å²) in [6.07, 6.45) is 0. The highest BCUT2D eigenvalue weighted by Crippen LogP contribution is 2.26. The highest BCUT2D eigenvalue weighted by Gasteiger charge is 2.08. The van der Waals surface area contributed by atoms with Crippen LogP contribution in [0.3, 0.4) is 0 Å². The summed E-state index contributed by atoms with van der Waals surface area (Å²) >= 11 is 6.13. The van der Waals surface area contributed by atoms with Gasteiger partial charge in [0.15, 0.2) is 0 Å². The minimum Gasteiger partial charge on any atom is -0.497 e. The summed E-state index contributed by atoms with van der Waals surface area (Å²) in [5, 5.41) is 4.90. The van der Waals surface area contributed by atoms with E-state index in [9.17, 15) is 4.79 Å². The maximum atomic E-state index is 11.8. The predicted octanol–water partition coefficient (Wildman–Crippen LogP) is 4.38. The molecule has 0 spiro atoms. The molecule has 23 heavy (non-hydrogen) atoms. The quantitative estimate of drug-likeness (QED) is 0.722. The van der Waals surface area contributed by atoms with Crippen molar-refractivity contribution in [2.75, 3.05) is 12.4 Å². The van der Waals surface area contributed by atoms with Crippen LogP contribution >= 0.6 is 11.6 Å². The Bertz CT molecular complexity index is 918. The first-order valence-corrected chi connectivity index (χ1v) is 7.56. The summed E-state index contributed by atoms with van der Waals surface area (Å²) < 4.78 is 10.4. The van der Waals surface area contributed by atoms with E-state index in [0.29, 0.717) is 22.9 Å². The molecule has 1 N–H and O–H groups in total. The average molecular weight is 330 g/mol. The third-order valence-electron chi connectivity index (χ3n) is 3.77.